The molecule has 5 nitrogen and oxygen atoms in total. The monoisotopic (exact) mass is 386 g/mol. The Kier molecular flexibility index (Phi) is 5.47. The first-order chi connectivity index (χ1) is 14.1. The maximum atomic E-state index is 12.8. The summed E-state index contributed by atoms with van der Waals surface area (Å²) in [6.45, 7) is 7.27. The molecule has 1 N–H and O–H groups in total. The summed E-state index contributed by atoms with van der Waals surface area (Å²) in [5.41, 5.74) is 6.09. The molecule has 1 aromatic heterocycles. The molecule has 2 heterocycles. The van der Waals surface area contributed by atoms with Gasteiger partial charge >= 0.3 is 0 Å². The Morgan fingerprint density at radius 3 is 2.34 bits per heavy atom. The van der Waals surface area contributed by atoms with Gasteiger partial charge in [-0.25, -0.2) is 4.98 Å². The van der Waals surface area contributed by atoms with Crippen LogP contribution in [0.4, 0.5) is 17.1 Å². The Morgan fingerprint density at radius 1 is 0.897 bits per heavy atom. The van der Waals surface area contributed by atoms with Gasteiger partial charge in [0.15, 0.2) is 0 Å². The van der Waals surface area contributed by atoms with Crippen molar-refractivity contribution in [2.24, 2.45) is 0 Å². The van der Waals surface area contributed by atoms with Crippen LogP contribution in [-0.4, -0.2) is 42.0 Å². The van der Waals surface area contributed by atoms with Crippen molar-refractivity contribution in [2.75, 3.05) is 36.4 Å². The van der Waals surface area contributed by atoms with Gasteiger partial charge in [-0.15, -0.1) is 0 Å². The van der Waals surface area contributed by atoms with Gasteiger partial charge in [0.05, 0.1) is 11.9 Å². The number of amides is 1. The van der Waals surface area contributed by atoms with Gasteiger partial charge in [-0.1, -0.05) is 30.3 Å². The third-order valence-corrected chi connectivity index (χ3v) is 5.55. The lowest BCUT2D eigenvalue weighted by Gasteiger charge is -2.36. The molecule has 1 aliphatic rings. The number of benzene rings is 2. The average Bonchev–Trinajstić information content (AvgIpc) is 2.78. The van der Waals surface area contributed by atoms with Crippen molar-refractivity contribution in [3.63, 3.8) is 0 Å². The molecule has 148 valence electrons. The Hall–Kier alpha value is -3.34. The van der Waals surface area contributed by atoms with Crippen molar-refractivity contribution in [2.45, 2.75) is 13.8 Å². The second-order valence-electron chi connectivity index (χ2n) is 7.42. The van der Waals surface area contributed by atoms with E-state index in [0.29, 0.717) is 18.8 Å². The van der Waals surface area contributed by atoms with E-state index in [-0.39, 0.29) is 5.91 Å². The maximum absolute atomic E-state index is 12.8. The fourth-order valence-corrected chi connectivity index (χ4v) is 3.60. The van der Waals surface area contributed by atoms with Crippen molar-refractivity contribution < 1.29 is 4.79 Å². The van der Waals surface area contributed by atoms with Crippen molar-refractivity contribution in [3.8, 4) is 0 Å². The smallest absolute Gasteiger partial charge is 0.272 e. The van der Waals surface area contributed by atoms with Gasteiger partial charge in [-0.2, -0.15) is 0 Å². The molecule has 0 radical (unpaired) electrons. The van der Waals surface area contributed by atoms with E-state index in [9.17, 15) is 4.79 Å². The summed E-state index contributed by atoms with van der Waals surface area (Å²) >= 11 is 0. The zero-order valence-electron chi connectivity index (χ0n) is 16.9. The molecular formula is C24H26N4O. The lowest BCUT2D eigenvalue weighted by atomic mass is 10.1. The van der Waals surface area contributed by atoms with Crippen LogP contribution in [0.15, 0.2) is 66.9 Å². The van der Waals surface area contributed by atoms with Gasteiger partial charge in [0.1, 0.15) is 5.69 Å². The van der Waals surface area contributed by atoms with Gasteiger partial charge in [-0.3, -0.25) is 4.79 Å². The predicted octanol–water partition coefficient (Wildman–Crippen LogP) is 4.40. The van der Waals surface area contributed by atoms with Crippen LogP contribution in [0.1, 0.15) is 21.6 Å². The maximum Gasteiger partial charge on any atom is 0.272 e. The lowest BCUT2D eigenvalue weighted by molar-refractivity contribution is 0.0741. The van der Waals surface area contributed by atoms with Crippen LogP contribution in [0.25, 0.3) is 0 Å². The molecule has 1 saturated heterocycles. The van der Waals surface area contributed by atoms with Crippen LogP contribution >= 0.6 is 0 Å². The average molecular weight is 386 g/mol. The molecule has 0 unspecified atom stereocenters. The fourth-order valence-electron chi connectivity index (χ4n) is 3.60. The zero-order chi connectivity index (χ0) is 20.2. The third-order valence-electron chi connectivity index (χ3n) is 5.55. The highest BCUT2D eigenvalue weighted by molar-refractivity contribution is 5.92. The van der Waals surface area contributed by atoms with Crippen LogP contribution in [0.2, 0.25) is 0 Å². The quantitative estimate of drug-likeness (QED) is 0.722. The van der Waals surface area contributed by atoms with E-state index in [1.54, 1.807) is 12.3 Å². The number of rotatable bonds is 4. The van der Waals surface area contributed by atoms with E-state index >= 15 is 0 Å². The molecule has 0 spiro atoms. The summed E-state index contributed by atoms with van der Waals surface area (Å²) < 4.78 is 0. The number of hydrogen-bond donors (Lipinski definition) is 1. The van der Waals surface area contributed by atoms with Crippen molar-refractivity contribution in [3.05, 3.63) is 83.7 Å². The molecular weight excluding hydrogens is 360 g/mol. The Bertz CT molecular complexity index is 978. The summed E-state index contributed by atoms with van der Waals surface area (Å²) in [7, 11) is 0. The van der Waals surface area contributed by atoms with Crippen LogP contribution < -0.4 is 10.2 Å². The number of nitrogens with one attached hydrogen (secondary N) is 1. The van der Waals surface area contributed by atoms with Crippen molar-refractivity contribution in [1.82, 2.24) is 9.88 Å². The van der Waals surface area contributed by atoms with E-state index in [0.717, 1.165) is 24.5 Å². The highest BCUT2D eigenvalue weighted by atomic mass is 16.2. The Balaban J connectivity index is 1.38. The summed E-state index contributed by atoms with van der Waals surface area (Å²) in [5.74, 6) is -0.00371. The molecule has 1 fully saturated rings. The SMILES string of the molecule is Cc1cccc(Nc2ccc(C(=O)N3CCN(c4ccccc4)CC3)nc2)c1C. The number of piperazine rings is 1. The summed E-state index contributed by atoms with van der Waals surface area (Å²) in [4.78, 5) is 21.5. The standard InChI is InChI=1S/C24H26N4O/c1-18-7-6-10-22(19(18)2)26-20-11-12-23(25-17-20)24(29)28-15-13-27(14-16-28)21-8-4-3-5-9-21/h3-12,17,26H,13-16H2,1-2H3. The highest BCUT2D eigenvalue weighted by Crippen LogP contribution is 2.23. The minimum Gasteiger partial charge on any atom is -0.368 e. The Labute approximate surface area is 172 Å². The van der Waals surface area contributed by atoms with Crippen LogP contribution in [0.5, 0.6) is 0 Å². The van der Waals surface area contributed by atoms with E-state index in [1.165, 1.54) is 16.8 Å². The number of pyridine rings is 1. The number of carbonyl (C=O) groups is 1. The first kappa shape index (κ1) is 19.0. The zero-order valence-corrected chi connectivity index (χ0v) is 16.9. The summed E-state index contributed by atoms with van der Waals surface area (Å²) in [6.07, 6.45) is 1.73. The van der Waals surface area contributed by atoms with Gasteiger partial charge in [0, 0.05) is 37.6 Å². The van der Waals surface area contributed by atoms with Crippen molar-refractivity contribution >= 4 is 23.0 Å². The minimum atomic E-state index is -0.00371. The number of aryl methyl sites for hydroxylation is 1. The topological polar surface area (TPSA) is 48.5 Å². The molecule has 0 saturated carbocycles. The molecule has 1 aliphatic heterocycles. The number of nitrogens with zero attached hydrogens (tertiary/aromatic N) is 3. The molecule has 0 atom stereocenters. The first-order valence-electron chi connectivity index (χ1n) is 10.0. The van der Waals surface area contributed by atoms with Gasteiger partial charge in [0.2, 0.25) is 0 Å². The van der Waals surface area contributed by atoms with Gasteiger partial charge in [-0.05, 0) is 55.3 Å². The minimum absolute atomic E-state index is 0.00371. The van der Waals surface area contributed by atoms with E-state index in [1.807, 2.05) is 41.3 Å². The fraction of sp³-hybridized carbons (Fsp3) is 0.250. The first-order valence-corrected chi connectivity index (χ1v) is 10.0. The van der Waals surface area contributed by atoms with E-state index in [2.05, 4.69) is 47.2 Å². The number of aromatic nitrogens is 1. The molecule has 5 heteroatoms. The largest absolute Gasteiger partial charge is 0.368 e. The van der Waals surface area contributed by atoms with Crippen LogP contribution in [-0.2, 0) is 0 Å². The molecule has 1 amide bonds. The van der Waals surface area contributed by atoms with Gasteiger partial charge in [0.25, 0.3) is 5.91 Å². The van der Waals surface area contributed by atoms with Crippen molar-refractivity contribution in [1.29, 1.82) is 0 Å². The normalized spacial score (nSPS) is 14.0. The van der Waals surface area contributed by atoms with Crippen LogP contribution in [0.3, 0.4) is 0 Å². The Morgan fingerprint density at radius 2 is 1.66 bits per heavy atom. The molecule has 29 heavy (non-hydrogen) atoms. The number of carbonyl (C=O) groups excluding carboxylic acids is 1. The summed E-state index contributed by atoms with van der Waals surface area (Å²) in [6, 6.07) is 20.2. The van der Waals surface area contributed by atoms with Gasteiger partial charge < -0.3 is 15.1 Å². The number of anilines is 3. The summed E-state index contributed by atoms with van der Waals surface area (Å²) in [5, 5.41) is 3.39. The third kappa shape index (κ3) is 4.24. The molecule has 0 bridgehead atoms. The van der Waals surface area contributed by atoms with Crippen LogP contribution in [0, 0.1) is 13.8 Å². The lowest BCUT2D eigenvalue weighted by Crippen LogP contribution is -2.49. The van der Waals surface area contributed by atoms with E-state index in [4.69, 9.17) is 0 Å². The second-order valence-corrected chi connectivity index (χ2v) is 7.42. The predicted molar refractivity (Wildman–Crippen MR) is 118 cm³/mol. The molecule has 0 aliphatic carbocycles. The molecule has 4 rings (SSSR count). The van der Waals surface area contributed by atoms with E-state index < -0.39 is 0 Å². The highest BCUT2D eigenvalue weighted by Gasteiger charge is 2.23. The molecule has 3 aromatic rings. The number of para-hydroxylation sites is 1. The second kappa shape index (κ2) is 8.35. The number of hydrogen-bond acceptors (Lipinski definition) is 4. The molecule has 2 aromatic carbocycles.